The van der Waals surface area contributed by atoms with Gasteiger partial charge in [-0.3, -0.25) is 4.79 Å². The standard InChI is InChI=1S/C23H23NO4S/c1-2-27-17-6-8-20-19(14-17)16(5-10-23(25)26)15-24(20)12-11-18-7-9-22(29-18)21-4-3-13-28-21/h3-4,6-9,13-15H,2,5,10-12H2,1H3,(H,25,26). The Bertz CT molecular complexity index is 1110. The van der Waals surface area contributed by atoms with Crippen molar-refractivity contribution in [1.82, 2.24) is 4.57 Å². The van der Waals surface area contributed by atoms with Gasteiger partial charge in [0.25, 0.3) is 0 Å². The van der Waals surface area contributed by atoms with E-state index in [-0.39, 0.29) is 6.42 Å². The van der Waals surface area contributed by atoms with Gasteiger partial charge in [-0.2, -0.15) is 0 Å². The van der Waals surface area contributed by atoms with Crippen LogP contribution in [0.15, 0.2) is 59.3 Å². The SMILES string of the molecule is CCOc1ccc2c(c1)c(CCC(=O)O)cn2CCc1ccc(-c2ccco2)s1. The fourth-order valence-corrected chi connectivity index (χ4v) is 4.49. The molecule has 0 amide bonds. The summed E-state index contributed by atoms with van der Waals surface area (Å²) in [5.74, 6) is 0.929. The van der Waals surface area contributed by atoms with Gasteiger partial charge in [0.15, 0.2) is 0 Å². The lowest BCUT2D eigenvalue weighted by atomic mass is 10.1. The number of hydrogen-bond acceptors (Lipinski definition) is 4. The number of rotatable bonds is 9. The fraction of sp³-hybridized carbons (Fsp3) is 0.261. The quantitative estimate of drug-likeness (QED) is 0.390. The van der Waals surface area contributed by atoms with E-state index in [2.05, 4.69) is 29.0 Å². The number of hydrogen-bond donors (Lipinski definition) is 1. The van der Waals surface area contributed by atoms with E-state index in [9.17, 15) is 4.79 Å². The van der Waals surface area contributed by atoms with Gasteiger partial charge in [0.05, 0.1) is 17.7 Å². The highest BCUT2D eigenvalue weighted by Crippen LogP contribution is 2.30. The maximum absolute atomic E-state index is 11.1. The topological polar surface area (TPSA) is 64.6 Å². The molecule has 29 heavy (non-hydrogen) atoms. The van der Waals surface area contributed by atoms with Crippen molar-refractivity contribution in [2.75, 3.05) is 6.61 Å². The zero-order valence-electron chi connectivity index (χ0n) is 16.3. The van der Waals surface area contributed by atoms with E-state index in [0.29, 0.717) is 13.0 Å². The fourth-order valence-electron chi connectivity index (χ4n) is 3.53. The molecule has 0 bridgehead atoms. The Morgan fingerprint density at radius 1 is 1.21 bits per heavy atom. The van der Waals surface area contributed by atoms with Crippen LogP contribution in [0.4, 0.5) is 0 Å². The van der Waals surface area contributed by atoms with Gasteiger partial charge in [0.1, 0.15) is 11.5 Å². The molecule has 0 aliphatic rings. The molecule has 4 aromatic rings. The number of benzene rings is 1. The van der Waals surface area contributed by atoms with E-state index < -0.39 is 5.97 Å². The monoisotopic (exact) mass is 409 g/mol. The first kappa shape index (κ1) is 19.3. The molecule has 0 unspecified atom stereocenters. The first-order valence-electron chi connectivity index (χ1n) is 9.73. The maximum Gasteiger partial charge on any atom is 0.303 e. The van der Waals surface area contributed by atoms with Crippen LogP contribution >= 0.6 is 11.3 Å². The number of thiophene rings is 1. The van der Waals surface area contributed by atoms with Gasteiger partial charge < -0.3 is 18.8 Å². The highest BCUT2D eigenvalue weighted by molar-refractivity contribution is 7.15. The molecule has 150 valence electrons. The number of carbonyl (C=O) groups is 1. The zero-order valence-corrected chi connectivity index (χ0v) is 17.1. The number of fused-ring (bicyclic) bond motifs is 1. The van der Waals surface area contributed by atoms with E-state index in [1.165, 1.54) is 4.88 Å². The first-order valence-corrected chi connectivity index (χ1v) is 10.5. The summed E-state index contributed by atoms with van der Waals surface area (Å²) in [6.45, 7) is 3.39. The van der Waals surface area contributed by atoms with Crippen LogP contribution in [0.25, 0.3) is 21.5 Å². The highest BCUT2D eigenvalue weighted by atomic mass is 32.1. The number of nitrogens with zero attached hydrogens (tertiary/aromatic N) is 1. The Morgan fingerprint density at radius 2 is 2.10 bits per heavy atom. The average molecular weight is 410 g/mol. The molecule has 3 aromatic heterocycles. The van der Waals surface area contributed by atoms with Gasteiger partial charge in [-0.15, -0.1) is 11.3 Å². The lowest BCUT2D eigenvalue weighted by molar-refractivity contribution is -0.136. The summed E-state index contributed by atoms with van der Waals surface area (Å²) in [5.41, 5.74) is 2.16. The summed E-state index contributed by atoms with van der Waals surface area (Å²) in [4.78, 5) is 13.5. The number of aryl methyl sites for hydroxylation is 3. The molecule has 3 heterocycles. The Labute approximate surface area is 173 Å². The zero-order chi connectivity index (χ0) is 20.2. The maximum atomic E-state index is 11.1. The number of aliphatic carboxylic acids is 1. The lowest BCUT2D eigenvalue weighted by Crippen LogP contribution is -1.99. The Hall–Kier alpha value is -2.99. The Kier molecular flexibility index (Phi) is 5.71. The summed E-state index contributed by atoms with van der Waals surface area (Å²) in [7, 11) is 0. The minimum absolute atomic E-state index is 0.120. The second-order valence-corrected chi connectivity index (χ2v) is 8.02. The van der Waals surface area contributed by atoms with Crippen molar-refractivity contribution in [2.24, 2.45) is 0 Å². The molecule has 1 aromatic carbocycles. The van der Waals surface area contributed by atoms with E-state index >= 15 is 0 Å². The molecule has 0 saturated carbocycles. The normalized spacial score (nSPS) is 11.2. The Balaban J connectivity index is 1.56. The number of carboxylic acids is 1. The van der Waals surface area contributed by atoms with Crippen LogP contribution in [0.5, 0.6) is 5.75 Å². The molecule has 0 spiro atoms. The minimum Gasteiger partial charge on any atom is -0.494 e. The van der Waals surface area contributed by atoms with Crippen LogP contribution < -0.4 is 4.74 Å². The van der Waals surface area contributed by atoms with Crippen molar-refractivity contribution in [3.05, 3.63) is 65.4 Å². The lowest BCUT2D eigenvalue weighted by Gasteiger charge is -2.06. The van der Waals surface area contributed by atoms with Crippen molar-refractivity contribution in [1.29, 1.82) is 0 Å². The van der Waals surface area contributed by atoms with Crippen LogP contribution in [-0.4, -0.2) is 22.2 Å². The molecule has 1 N–H and O–H groups in total. The van der Waals surface area contributed by atoms with E-state index in [1.54, 1.807) is 17.6 Å². The molecule has 0 aliphatic heterocycles. The third-order valence-electron chi connectivity index (χ3n) is 4.88. The van der Waals surface area contributed by atoms with Gasteiger partial charge in [-0.05, 0) is 67.8 Å². The second-order valence-electron chi connectivity index (χ2n) is 6.85. The van der Waals surface area contributed by atoms with Crippen molar-refractivity contribution in [2.45, 2.75) is 32.7 Å². The summed E-state index contributed by atoms with van der Waals surface area (Å²) in [5, 5.41) is 10.2. The molecule has 0 fully saturated rings. The largest absolute Gasteiger partial charge is 0.494 e. The first-order chi connectivity index (χ1) is 14.1. The number of aromatic nitrogens is 1. The predicted molar refractivity (Wildman–Crippen MR) is 115 cm³/mol. The van der Waals surface area contributed by atoms with Gasteiger partial charge in [0, 0.05) is 34.9 Å². The predicted octanol–water partition coefficient (Wildman–Crippen LogP) is 5.62. The summed E-state index contributed by atoms with van der Waals surface area (Å²) < 4.78 is 13.3. The van der Waals surface area contributed by atoms with E-state index in [1.807, 2.05) is 31.2 Å². The van der Waals surface area contributed by atoms with Crippen LogP contribution in [0, 0.1) is 0 Å². The Morgan fingerprint density at radius 3 is 2.86 bits per heavy atom. The van der Waals surface area contributed by atoms with Crippen molar-refractivity contribution in [3.8, 4) is 16.4 Å². The van der Waals surface area contributed by atoms with Crippen LogP contribution in [0.3, 0.4) is 0 Å². The highest BCUT2D eigenvalue weighted by Gasteiger charge is 2.12. The third-order valence-corrected chi connectivity index (χ3v) is 6.04. The summed E-state index contributed by atoms with van der Waals surface area (Å²) >= 11 is 1.74. The van der Waals surface area contributed by atoms with E-state index in [4.69, 9.17) is 14.3 Å². The van der Waals surface area contributed by atoms with Crippen LogP contribution in [-0.2, 0) is 24.2 Å². The van der Waals surface area contributed by atoms with Crippen molar-refractivity contribution >= 4 is 28.2 Å². The molecule has 4 rings (SSSR count). The minimum atomic E-state index is -0.782. The smallest absolute Gasteiger partial charge is 0.303 e. The number of furan rings is 1. The molecule has 0 saturated heterocycles. The summed E-state index contributed by atoms with van der Waals surface area (Å²) in [6, 6.07) is 14.2. The van der Waals surface area contributed by atoms with Gasteiger partial charge in [0.2, 0.25) is 0 Å². The van der Waals surface area contributed by atoms with E-state index in [0.717, 1.165) is 45.8 Å². The average Bonchev–Trinajstić information content (AvgIpc) is 3.44. The summed E-state index contributed by atoms with van der Waals surface area (Å²) in [6.07, 6.45) is 5.31. The van der Waals surface area contributed by atoms with Crippen LogP contribution in [0.2, 0.25) is 0 Å². The van der Waals surface area contributed by atoms with Crippen molar-refractivity contribution in [3.63, 3.8) is 0 Å². The molecule has 0 radical (unpaired) electrons. The molecule has 5 nitrogen and oxygen atoms in total. The molecule has 6 heteroatoms. The van der Waals surface area contributed by atoms with Gasteiger partial charge in [-0.25, -0.2) is 0 Å². The molecular formula is C23H23NO4S. The van der Waals surface area contributed by atoms with Gasteiger partial charge >= 0.3 is 5.97 Å². The molecular weight excluding hydrogens is 386 g/mol. The van der Waals surface area contributed by atoms with Gasteiger partial charge in [-0.1, -0.05) is 0 Å². The van der Waals surface area contributed by atoms with Crippen molar-refractivity contribution < 1.29 is 19.1 Å². The van der Waals surface area contributed by atoms with Crippen LogP contribution in [0.1, 0.15) is 23.8 Å². The number of ether oxygens (including phenoxy) is 1. The molecule has 0 atom stereocenters. The number of carboxylic acid groups (broad SMARTS) is 1. The third kappa shape index (κ3) is 4.38. The molecule has 0 aliphatic carbocycles. The second kappa shape index (κ2) is 8.57.